The van der Waals surface area contributed by atoms with E-state index in [9.17, 15) is 9.59 Å². The van der Waals surface area contributed by atoms with Crippen LogP contribution in [0.15, 0.2) is 51.7 Å². The van der Waals surface area contributed by atoms with E-state index in [1.54, 1.807) is 18.5 Å². The minimum absolute atomic E-state index is 0.0970. The number of esters is 1. The number of halogens is 1. The number of aromatic nitrogens is 3. The molecule has 0 bridgehead atoms. The molecular formula is C19H15BrN4O4. The average molecular weight is 443 g/mol. The number of hydrogen-bond acceptors (Lipinski definition) is 6. The Balaban J connectivity index is 1.56. The fourth-order valence-electron chi connectivity index (χ4n) is 2.93. The molecule has 1 N–H and O–H groups in total. The van der Waals surface area contributed by atoms with Gasteiger partial charge in [-0.2, -0.15) is 5.10 Å². The van der Waals surface area contributed by atoms with Gasteiger partial charge >= 0.3 is 5.97 Å². The van der Waals surface area contributed by atoms with E-state index in [4.69, 9.17) is 9.15 Å². The monoisotopic (exact) mass is 442 g/mol. The van der Waals surface area contributed by atoms with Crippen molar-refractivity contribution in [2.75, 3.05) is 7.11 Å². The molecule has 0 unspecified atom stereocenters. The molecule has 142 valence electrons. The standard InChI is InChI=1S/C19H15BrN4O4/c1-27-16(25)8-12-6-13(20)5-11-7-14(28-17(11)12)9-22-19(26)15-10-23-24-4-2-3-21-18(15)24/h2-7,10H,8-9H2,1H3,(H,22,26). The fourth-order valence-corrected chi connectivity index (χ4v) is 3.46. The molecule has 9 heteroatoms. The Kier molecular flexibility index (Phi) is 4.82. The molecule has 0 spiro atoms. The molecule has 0 saturated carbocycles. The van der Waals surface area contributed by atoms with Gasteiger partial charge in [0.1, 0.15) is 16.9 Å². The number of amides is 1. The van der Waals surface area contributed by atoms with Crippen molar-refractivity contribution in [2.45, 2.75) is 13.0 Å². The molecule has 1 aromatic carbocycles. The Morgan fingerprint density at radius 3 is 3.00 bits per heavy atom. The van der Waals surface area contributed by atoms with E-state index in [-0.39, 0.29) is 24.8 Å². The van der Waals surface area contributed by atoms with Crippen molar-refractivity contribution in [1.82, 2.24) is 19.9 Å². The van der Waals surface area contributed by atoms with E-state index in [1.165, 1.54) is 17.8 Å². The van der Waals surface area contributed by atoms with Crippen LogP contribution in [-0.2, 0) is 22.5 Å². The highest BCUT2D eigenvalue weighted by molar-refractivity contribution is 9.10. The highest BCUT2D eigenvalue weighted by atomic mass is 79.9. The Morgan fingerprint density at radius 2 is 2.18 bits per heavy atom. The van der Waals surface area contributed by atoms with Crippen LogP contribution in [-0.4, -0.2) is 33.6 Å². The largest absolute Gasteiger partial charge is 0.469 e. The first-order valence-electron chi connectivity index (χ1n) is 8.39. The minimum Gasteiger partial charge on any atom is -0.469 e. The smallest absolute Gasteiger partial charge is 0.310 e. The quantitative estimate of drug-likeness (QED) is 0.477. The van der Waals surface area contributed by atoms with Gasteiger partial charge < -0.3 is 14.5 Å². The average Bonchev–Trinajstić information content (AvgIpc) is 3.30. The maximum Gasteiger partial charge on any atom is 0.310 e. The molecule has 0 fully saturated rings. The molecule has 0 aliphatic heterocycles. The van der Waals surface area contributed by atoms with E-state index in [2.05, 4.69) is 31.3 Å². The van der Waals surface area contributed by atoms with Crippen molar-refractivity contribution in [1.29, 1.82) is 0 Å². The van der Waals surface area contributed by atoms with Crippen LogP contribution < -0.4 is 5.32 Å². The molecule has 0 aliphatic carbocycles. The Hall–Kier alpha value is -3.20. The highest BCUT2D eigenvalue weighted by Gasteiger charge is 2.16. The normalized spacial score (nSPS) is 11.1. The minimum atomic E-state index is -0.355. The molecule has 4 aromatic rings. The van der Waals surface area contributed by atoms with Crippen molar-refractivity contribution in [2.24, 2.45) is 0 Å². The second-order valence-electron chi connectivity index (χ2n) is 6.08. The third-order valence-electron chi connectivity index (χ3n) is 4.22. The lowest BCUT2D eigenvalue weighted by Crippen LogP contribution is -2.22. The molecule has 1 amide bonds. The van der Waals surface area contributed by atoms with Gasteiger partial charge in [-0.15, -0.1) is 0 Å². The van der Waals surface area contributed by atoms with Crippen LogP contribution in [0.2, 0.25) is 0 Å². The number of carbonyl (C=O) groups is 2. The number of fused-ring (bicyclic) bond motifs is 2. The number of furan rings is 1. The van der Waals surface area contributed by atoms with Gasteiger partial charge in [-0.1, -0.05) is 15.9 Å². The summed E-state index contributed by atoms with van der Waals surface area (Å²) < 4.78 is 13.0. The topological polar surface area (TPSA) is 98.7 Å². The van der Waals surface area contributed by atoms with Crippen molar-refractivity contribution >= 4 is 44.4 Å². The molecule has 0 saturated heterocycles. The maximum absolute atomic E-state index is 12.5. The van der Waals surface area contributed by atoms with E-state index in [0.29, 0.717) is 28.1 Å². The van der Waals surface area contributed by atoms with Gasteiger partial charge in [0.05, 0.1) is 26.3 Å². The Labute approximate surface area is 167 Å². The van der Waals surface area contributed by atoms with E-state index >= 15 is 0 Å². The second kappa shape index (κ2) is 7.43. The fraction of sp³-hybridized carbons (Fsp3) is 0.158. The van der Waals surface area contributed by atoms with Crippen LogP contribution in [0.25, 0.3) is 16.6 Å². The van der Waals surface area contributed by atoms with Gasteiger partial charge in [0.25, 0.3) is 5.91 Å². The molecule has 28 heavy (non-hydrogen) atoms. The molecule has 0 aliphatic rings. The molecule has 4 rings (SSSR count). The summed E-state index contributed by atoms with van der Waals surface area (Å²) in [5.74, 6) is -0.0895. The predicted octanol–water partition coefficient (Wildman–Crippen LogP) is 2.88. The molecule has 0 radical (unpaired) electrons. The van der Waals surface area contributed by atoms with Crippen molar-refractivity contribution < 1.29 is 18.7 Å². The van der Waals surface area contributed by atoms with Crippen LogP contribution >= 0.6 is 15.9 Å². The summed E-state index contributed by atoms with van der Waals surface area (Å²) in [5, 5.41) is 7.75. The van der Waals surface area contributed by atoms with Gasteiger partial charge in [0, 0.05) is 27.8 Å². The van der Waals surface area contributed by atoms with Crippen LogP contribution in [0, 0.1) is 0 Å². The lowest BCUT2D eigenvalue weighted by molar-refractivity contribution is -0.139. The van der Waals surface area contributed by atoms with Crippen molar-refractivity contribution in [3.05, 3.63) is 64.2 Å². The number of carbonyl (C=O) groups excluding carboxylic acids is 2. The van der Waals surface area contributed by atoms with Gasteiger partial charge in [-0.3, -0.25) is 9.59 Å². The summed E-state index contributed by atoms with van der Waals surface area (Å²) in [4.78, 5) is 28.3. The number of ether oxygens (including phenoxy) is 1. The zero-order chi connectivity index (χ0) is 19.7. The number of hydrogen-bond donors (Lipinski definition) is 1. The van der Waals surface area contributed by atoms with Crippen LogP contribution in [0.1, 0.15) is 21.7 Å². The van der Waals surface area contributed by atoms with Gasteiger partial charge in [-0.25, -0.2) is 9.50 Å². The van der Waals surface area contributed by atoms with Gasteiger partial charge in [0.15, 0.2) is 5.65 Å². The zero-order valence-electron chi connectivity index (χ0n) is 14.8. The third kappa shape index (κ3) is 3.48. The number of nitrogens with zero attached hydrogens (tertiary/aromatic N) is 3. The second-order valence-corrected chi connectivity index (χ2v) is 6.99. The third-order valence-corrected chi connectivity index (χ3v) is 4.68. The summed E-state index contributed by atoms with van der Waals surface area (Å²) in [6.45, 7) is 0.187. The Bertz CT molecular complexity index is 1200. The van der Waals surface area contributed by atoms with Gasteiger partial charge in [-0.05, 0) is 24.3 Å². The first-order valence-corrected chi connectivity index (χ1v) is 9.18. The first kappa shape index (κ1) is 18.2. The van der Waals surface area contributed by atoms with Crippen LogP contribution in [0.4, 0.5) is 0 Å². The van der Waals surface area contributed by atoms with E-state index in [1.807, 2.05) is 18.2 Å². The van der Waals surface area contributed by atoms with Crippen molar-refractivity contribution in [3.63, 3.8) is 0 Å². The Morgan fingerprint density at radius 1 is 1.32 bits per heavy atom. The molecule has 3 heterocycles. The summed E-state index contributed by atoms with van der Waals surface area (Å²) in [6.07, 6.45) is 4.90. The molecule has 0 atom stereocenters. The van der Waals surface area contributed by atoms with Crippen LogP contribution in [0.5, 0.6) is 0 Å². The number of benzene rings is 1. The summed E-state index contributed by atoms with van der Waals surface area (Å²) in [6, 6.07) is 7.27. The van der Waals surface area contributed by atoms with E-state index in [0.717, 1.165) is 9.86 Å². The summed E-state index contributed by atoms with van der Waals surface area (Å²) >= 11 is 3.44. The maximum atomic E-state index is 12.5. The summed E-state index contributed by atoms with van der Waals surface area (Å²) in [7, 11) is 1.34. The van der Waals surface area contributed by atoms with Crippen molar-refractivity contribution in [3.8, 4) is 0 Å². The zero-order valence-corrected chi connectivity index (χ0v) is 16.4. The number of nitrogens with one attached hydrogen (secondary N) is 1. The molecule has 3 aromatic heterocycles. The van der Waals surface area contributed by atoms with Crippen LogP contribution in [0.3, 0.4) is 0 Å². The number of rotatable bonds is 5. The van der Waals surface area contributed by atoms with E-state index < -0.39 is 0 Å². The lowest BCUT2D eigenvalue weighted by Gasteiger charge is -2.03. The number of methoxy groups -OCH3 is 1. The first-order chi connectivity index (χ1) is 13.5. The SMILES string of the molecule is COC(=O)Cc1cc(Br)cc2cc(CNC(=O)c3cnn4cccnc34)oc12. The summed E-state index contributed by atoms with van der Waals surface area (Å²) in [5.41, 5.74) is 2.16. The molecule has 8 nitrogen and oxygen atoms in total. The molecular weight excluding hydrogens is 428 g/mol. The van der Waals surface area contributed by atoms with Gasteiger partial charge in [0.2, 0.25) is 0 Å². The lowest BCUT2D eigenvalue weighted by atomic mass is 10.1. The predicted molar refractivity (Wildman–Crippen MR) is 104 cm³/mol. The highest BCUT2D eigenvalue weighted by Crippen LogP contribution is 2.28.